The van der Waals surface area contributed by atoms with Crippen molar-refractivity contribution in [2.24, 2.45) is 73.4 Å². The third-order valence-corrected chi connectivity index (χ3v) is 21.2. The molecule has 58 heavy (non-hydrogen) atoms. The first-order valence-corrected chi connectivity index (χ1v) is 23.1. The first kappa shape index (κ1) is 38.3. The Morgan fingerprint density at radius 2 is 1.72 bits per heavy atom. The van der Waals surface area contributed by atoms with Crippen molar-refractivity contribution in [3.63, 3.8) is 0 Å². The van der Waals surface area contributed by atoms with Gasteiger partial charge in [0, 0.05) is 34.1 Å². The number of rotatable bonds is 3. The molecule has 1 aromatic rings. The van der Waals surface area contributed by atoms with Crippen molar-refractivity contribution in [3.05, 3.63) is 45.8 Å². The number of aldehydes is 1. The molecule has 1 aromatic carbocycles. The summed E-state index contributed by atoms with van der Waals surface area (Å²) in [5, 5.41) is 63.5. The van der Waals surface area contributed by atoms with Gasteiger partial charge in [0.05, 0.1) is 24.9 Å². The molecule has 7 saturated carbocycles. The van der Waals surface area contributed by atoms with E-state index in [9.17, 15) is 30.3 Å². The molecule has 7 fully saturated rings. The van der Waals surface area contributed by atoms with Crippen LogP contribution in [-0.4, -0.2) is 68.1 Å². The topological polar surface area (TPSA) is 135 Å². The Bertz CT molecular complexity index is 2200. The number of aliphatic hydroxyl groups excluding tert-OH is 4. The predicted octanol–water partition coefficient (Wildman–Crippen LogP) is 5.40. The van der Waals surface area contributed by atoms with Crippen LogP contribution in [0.2, 0.25) is 0 Å². The second-order valence-electron chi connectivity index (χ2n) is 22.5. The van der Waals surface area contributed by atoms with E-state index in [4.69, 9.17) is 0 Å². The third-order valence-electron chi connectivity index (χ3n) is 21.2. The molecule has 11 aliphatic carbocycles. The second-order valence-corrected chi connectivity index (χ2v) is 22.5. The van der Waals surface area contributed by atoms with Crippen molar-refractivity contribution in [2.45, 2.75) is 147 Å². The first-order chi connectivity index (χ1) is 27.7. The first-order valence-electron chi connectivity index (χ1n) is 23.1. The fourth-order valence-electron chi connectivity index (χ4n) is 19.3. The van der Waals surface area contributed by atoms with Crippen LogP contribution in [0.15, 0.2) is 29.8 Å². The number of fused-ring (bicyclic) bond motifs is 7. The van der Waals surface area contributed by atoms with Crippen LogP contribution in [-0.2, 0) is 4.79 Å². The van der Waals surface area contributed by atoms with Crippen molar-refractivity contribution in [1.29, 1.82) is 0 Å². The Balaban J connectivity index is 1.19. The molecule has 7 nitrogen and oxygen atoms in total. The Labute approximate surface area is 343 Å². The molecule has 5 N–H and O–H groups in total. The number of hydrogen-bond donors (Lipinski definition) is 5. The van der Waals surface area contributed by atoms with Crippen molar-refractivity contribution >= 4 is 24.2 Å². The van der Waals surface area contributed by atoms with E-state index in [0.29, 0.717) is 37.7 Å². The summed E-state index contributed by atoms with van der Waals surface area (Å²) in [5.41, 5.74) is -3.41. The maximum atomic E-state index is 16.2. The predicted molar refractivity (Wildman–Crippen MR) is 220 cm³/mol. The zero-order chi connectivity index (χ0) is 40.5. The average molecular weight is 789 g/mol. The van der Waals surface area contributed by atoms with Crippen molar-refractivity contribution in [2.75, 3.05) is 6.61 Å². The zero-order valence-corrected chi connectivity index (χ0v) is 34.8. The van der Waals surface area contributed by atoms with Crippen LogP contribution < -0.4 is 10.4 Å². The van der Waals surface area contributed by atoms with Gasteiger partial charge in [-0.15, -0.1) is 5.92 Å². The molecular formula is C51H64O7. The van der Waals surface area contributed by atoms with Crippen LogP contribution >= 0.6 is 0 Å². The van der Waals surface area contributed by atoms with Gasteiger partial charge in [-0.25, -0.2) is 0 Å². The maximum Gasteiger partial charge on any atom is 0.159 e. The van der Waals surface area contributed by atoms with Crippen LogP contribution in [0.4, 0.5) is 0 Å². The Morgan fingerprint density at radius 3 is 2.48 bits per heavy atom. The molecular weight excluding hydrogens is 725 g/mol. The molecule has 0 unspecified atom stereocenters. The summed E-state index contributed by atoms with van der Waals surface area (Å²) in [7, 11) is 0. The van der Waals surface area contributed by atoms with Gasteiger partial charge in [0.25, 0.3) is 0 Å². The molecule has 0 saturated heterocycles. The van der Waals surface area contributed by atoms with Gasteiger partial charge in [0.1, 0.15) is 5.60 Å². The van der Waals surface area contributed by atoms with Crippen molar-refractivity contribution in [1.82, 2.24) is 0 Å². The highest BCUT2D eigenvalue weighted by Crippen LogP contribution is 2.85. The monoisotopic (exact) mass is 788 g/mol. The van der Waals surface area contributed by atoms with E-state index >= 15 is 4.79 Å². The lowest BCUT2D eigenvalue weighted by Gasteiger charge is -2.79. The summed E-state index contributed by atoms with van der Waals surface area (Å²) in [6.07, 6.45) is 17.8. The van der Waals surface area contributed by atoms with Crippen LogP contribution in [0.5, 0.6) is 0 Å². The minimum absolute atomic E-state index is 0.0236. The fourth-order valence-corrected chi connectivity index (χ4v) is 19.3. The Hall–Kier alpha value is -2.60. The number of aliphatic hydroxyl groups is 5. The summed E-state index contributed by atoms with van der Waals surface area (Å²) >= 11 is 0. The van der Waals surface area contributed by atoms with Gasteiger partial charge in [-0.3, -0.25) is 9.59 Å². The van der Waals surface area contributed by atoms with Crippen molar-refractivity contribution in [3.8, 4) is 11.8 Å². The minimum Gasteiger partial charge on any atom is -0.394 e. The van der Waals surface area contributed by atoms with E-state index < -0.39 is 63.5 Å². The smallest absolute Gasteiger partial charge is 0.159 e. The van der Waals surface area contributed by atoms with Gasteiger partial charge in [0.2, 0.25) is 0 Å². The summed E-state index contributed by atoms with van der Waals surface area (Å²) in [4.78, 5) is 28.6. The van der Waals surface area contributed by atoms with Gasteiger partial charge < -0.3 is 25.5 Å². The maximum absolute atomic E-state index is 16.2. The molecule has 12 rings (SSSR count). The molecule has 16 atom stereocenters. The number of hydrogen-bond acceptors (Lipinski definition) is 7. The Kier molecular flexibility index (Phi) is 7.97. The van der Waals surface area contributed by atoms with Crippen molar-refractivity contribution < 1.29 is 35.1 Å². The van der Waals surface area contributed by atoms with E-state index in [0.717, 1.165) is 87.4 Å². The lowest BCUT2D eigenvalue weighted by Crippen LogP contribution is -2.80. The lowest BCUT2D eigenvalue weighted by molar-refractivity contribution is -0.321. The van der Waals surface area contributed by atoms with Crippen LogP contribution in [0.3, 0.4) is 0 Å². The molecule has 0 aliphatic heterocycles. The Morgan fingerprint density at radius 1 is 0.948 bits per heavy atom. The lowest BCUT2D eigenvalue weighted by atomic mass is 9.25. The largest absolute Gasteiger partial charge is 0.394 e. The van der Waals surface area contributed by atoms with Gasteiger partial charge in [-0.05, 0) is 151 Å². The highest BCUT2D eigenvalue weighted by Gasteiger charge is 2.84. The molecule has 0 radical (unpaired) electrons. The minimum atomic E-state index is -1.34. The number of carbonyl (C=O) groups excluding carboxylic acids is 2. The normalized spacial score (nSPS) is 51.8. The highest BCUT2D eigenvalue weighted by atomic mass is 16.3. The standard InChI is InChI=1S/C51H64O7/c1-44-15-4-7-18-49(58)21-12-34-43(57)51(49,47(29-44)16-5-6-17-47)37(26-44)36-25-38(54)42-48(46(34,36)3)19-11-31-23-33-30(9-8-10-32(33)27-52)24-35(31)50(42)22-14-40(55)45(2,41(56)28-53)39(50)13-20-48/h8-10,23-25,27,31,34-35,37,39-43,53,55-58H,4-6,11-17,19-22,26,28-29H2,1-3H3/t31-,34-,35-,37-,39-,40+,41-,42+,43+,44-,45+,46-,48-,49-,50-,51-/m1/s1. The molecule has 3 spiro atoms. The van der Waals surface area contributed by atoms with E-state index in [2.05, 4.69) is 50.0 Å². The molecule has 0 aromatic heterocycles. The van der Waals surface area contributed by atoms with Gasteiger partial charge in [-0.2, -0.15) is 0 Å². The average Bonchev–Trinajstić information content (AvgIpc) is 3.67. The molecule has 11 aliphatic rings. The van der Waals surface area contributed by atoms with E-state index in [-0.39, 0.29) is 46.2 Å². The molecule has 310 valence electrons. The highest BCUT2D eigenvalue weighted by molar-refractivity contribution is 5.96. The zero-order valence-electron chi connectivity index (χ0n) is 34.8. The third kappa shape index (κ3) is 4.09. The summed E-state index contributed by atoms with van der Waals surface area (Å²) < 4.78 is 0. The van der Waals surface area contributed by atoms with E-state index in [1.807, 2.05) is 19.1 Å². The fraction of sp³-hybridized carbons (Fsp3) is 0.725. The molecule has 5 bridgehead atoms. The SMILES string of the molecule is C[C@@]12CCC#C[C@@]3(O)CC[C@@H]4[C@H](O)[C@]3([C@H](C1)C1=CC(=O)[C@@H]3[C@@]56CC[C@H](O)[C@@](C)([C@H](O)CO)[C@H]5CC[C@@]3(CC[C@@H]3C=c5c(C=O)cccc5=C[C@H]36)[C@@]14C)C1(CCCC1)C2. The molecule has 0 heterocycles. The molecule has 7 heteroatoms. The number of carbonyl (C=O) groups is 2. The summed E-state index contributed by atoms with van der Waals surface area (Å²) in [6.45, 7) is 6.37. The summed E-state index contributed by atoms with van der Waals surface area (Å²) in [6, 6.07) is 5.90. The van der Waals surface area contributed by atoms with Gasteiger partial charge in [0.15, 0.2) is 12.1 Å². The van der Waals surface area contributed by atoms with Gasteiger partial charge in [-0.1, -0.05) is 75.5 Å². The number of ketones is 1. The van der Waals surface area contributed by atoms with E-state index in [1.165, 1.54) is 5.57 Å². The number of benzene rings is 1. The number of allylic oxidation sites excluding steroid dienone is 2. The quantitative estimate of drug-likeness (QED) is 0.205. The van der Waals surface area contributed by atoms with Crippen LogP contribution in [0.1, 0.15) is 134 Å². The van der Waals surface area contributed by atoms with Crippen LogP contribution in [0.25, 0.3) is 12.2 Å². The summed E-state index contributed by atoms with van der Waals surface area (Å²) in [5.74, 6) is 6.04. The molecule has 0 amide bonds. The van der Waals surface area contributed by atoms with E-state index in [1.54, 1.807) is 0 Å². The second kappa shape index (κ2) is 12.1. The van der Waals surface area contributed by atoms with Crippen LogP contribution in [0, 0.1) is 85.3 Å². The van der Waals surface area contributed by atoms with Gasteiger partial charge >= 0.3 is 0 Å².